The third-order valence-corrected chi connectivity index (χ3v) is 3.46. The Kier molecular flexibility index (Phi) is 3.36. The van der Waals surface area contributed by atoms with E-state index in [0.717, 1.165) is 33.7 Å². The number of fused-ring (bicyclic) bond motifs is 1. The quantitative estimate of drug-likeness (QED) is 0.787. The lowest BCUT2D eigenvalue weighted by Gasteiger charge is -2.13. The largest absolute Gasteiger partial charge is 0.329 e. The van der Waals surface area contributed by atoms with E-state index in [2.05, 4.69) is 29.5 Å². The summed E-state index contributed by atoms with van der Waals surface area (Å²) in [6.07, 6.45) is 2.27. The highest BCUT2D eigenvalue weighted by molar-refractivity contribution is 7.71. The van der Waals surface area contributed by atoms with Gasteiger partial charge in [0.1, 0.15) is 0 Å². The fourth-order valence-corrected chi connectivity index (χ4v) is 2.70. The number of H-pyrrole nitrogens is 1. The average Bonchev–Trinajstić information content (AvgIpc) is 2.56. The van der Waals surface area contributed by atoms with Crippen LogP contribution in [0.15, 0.2) is 18.2 Å². The number of hydrogen-bond donors (Lipinski definition) is 1. The summed E-state index contributed by atoms with van der Waals surface area (Å²) < 4.78 is 2.91. The Morgan fingerprint density at radius 2 is 2.25 bits per heavy atom. The molecule has 0 aliphatic carbocycles. The molecule has 4 heteroatoms. The maximum Gasteiger partial charge on any atom is 0.178 e. The van der Waals surface area contributed by atoms with Crippen molar-refractivity contribution < 1.29 is 0 Å². The van der Waals surface area contributed by atoms with Gasteiger partial charge >= 0.3 is 0 Å². The van der Waals surface area contributed by atoms with E-state index in [9.17, 15) is 0 Å². The Hall–Kier alpha value is -0.800. The van der Waals surface area contributed by atoms with Gasteiger partial charge in [0.05, 0.1) is 16.1 Å². The molecule has 86 valence electrons. The molecule has 1 aromatic carbocycles. The number of nitrogens with one attached hydrogen (secondary N) is 1. The number of nitrogens with zero attached hydrogens (tertiary/aromatic N) is 1. The zero-order valence-corrected chi connectivity index (χ0v) is 11.0. The van der Waals surface area contributed by atoms with Gasteiger partial charge in [-0.15, -0.1) is 0 Å². The molecule has 1 aromatic heterocycles. The fourth-order valence-electron chi connectivity index (χ4n) is 2.10. The molecule has 0 spiro atoms. The highest BCUT2D eigenvalue weighted by atomic mass is 35.5. The molecule has 0 fully saturated rings. The molecular weight excluding hydrogens is 240 g/mol. The lowest BCUT2D eigenvalue weighted by atomic mass is 10.2. The van der Waals surface area contributed by atoms with Crippen molar-refractivity contribution in [2.75, 3.05) is 0 Å². The SMILES string of the molecule is CCCC(C)n1c(=S)[nH]c2c(Cl)cccc21. The smallest absolute Gasteiger partial charge is 0.178 e. The van der Waals surface area contributed by atoms with Crippen LogP contribution < -0.4 is 0 Å². The van der Waals surface area contributed by atoms with Gasteiger partial charge in [-0.25, -0.2) is 0 Å². The summed E-state index contributed by atoms with van der Waals surface area (Å²) in [5, 5.41) is 0.728. The predicted molar refractivity (Wildman–Crippen MR) is 71.8 cm³/mol. The topological polar surface area (TPSA) is 20.7 Å². The van der Waals surface area contributed by atoms with Crippen molar-refractivity contribution in [3.8, 4) is 0 Å². The molecule has 0 radical (unpaired) electrons. The number of halogens is 1. The van der Waals surface area contributed by atoms with E-state index in [-0.39, 0.29) is 0 Å². The summed E-state index contributed by atoms with van der Waals surface area (Å²) in [6, 6.07) is 6.30. The molecule has 2 nitrogen and oxygen atoms in total. The second kappa shape index (κ2) is 4.60. The van der Waals surface area contributed by atoms with Crippen LogP contribution in [0.2, 0.25) is 5.02 Å². The molecule has 0 aliphatic rings. The first-order valence-electron chi connectivity index (χ1n) is 5.54. The van der Waals surface area contributed by atoms with E-state index in [1.54, 1.807) is 0 Å². The Morgan fingerprint density at radius 1 is 1.50 bits per heavy atom. The second-order valence-electron chi connectivity index (χ2n) is 4.07. The highest BCUT2D eigenvalue weighted by Crippen LogP contribution is 2.26. The number of hydrogen-bond acceptors (Lipinski definition) is 1. The third kappa shape index (κ3) is 1.89. The molecule has 1 atom stereocenters. The molecule has 0 saturated carbocycles. The van der Waals surface area contributed by atoms with Gasteiger partial charge in [-0.05, 0) is 37.7 Å². The number of imidazole rings is 1. The van der Waals surface area contributed by atoms with Gasteiger partial charge < -0.3 is 9.55 Å². The van der Waals surface area contributed by atoms with Gasteiger partial charge in [0.2, 0.25) is 0 Å². The van der Waals surface area contributed by atoms with Crippen LogP contribution in [0.5, 0.6) is 0 Å². The van der Waals surface area contributed by atoms with E-state index >= 15 is 0 Å². The lowest BCUT2D eigenvalue weighted by Crippen LogP contribution is -2.04. The van der Waals surface area contributed by atoms with Crippen LogP contribution in [0.25, 0.3) is 11.0 Å². The van der Waals surface area contributed by atoms with E-state index in [0.29, 0.717) is 6.04 Å². The van der Waals surface area contributed by atoms with Gasteiger partial charge in [0.15, 0.2) is 4.77 Å². The van der Waals surface area contributed by atoms with Crippen molar-refractivity contribution in [1.82, 2.24) is 9.55 Å². The van der Waals surface area contributed by atoms with Crippen molar-refractivity contribution >= 4 is 34.9 Å². The average molecular weight is 255 g/mol. The molecule has 1 heterocycles. The van der Waals surface area contributed by atoms with Crippen molar-refractivity contribution in [3.05, 3.63) is 28.0 Å². The van der Waals surface area contributed by atoms with Crippen LogP contribution in [0.4, 0.5) is 0 Å². The molecular formula is C12H15ClN2S. The summed E-state index contributed by atoms with van der Waals surface area (Å²) in [5.74, 6) is 0. The standard InChI is InChI=1S/C12H15ClN2S/c1-3-5-8(2)15-10-7-4-6-9(13)11(10)14-12(15)16/h4,6-8H,3,5H2,1-2H3,(H,14,16). The zero-order chi connectivity index (χ0) is 11.7. The van der Waals surface area contributed by atoms with Crippen molar-refractivity contribution in [2.24, 2.45) is 0 Å². The number of para-hydroxylation sites is 1. The van der Waals surface area contributed by atoms with E-state index in [1.165, 1.54) is 0 Å². The number of aromatic nitrogens is 2. The summed E-state index contributed by atoms with van der Waals surface area (Å²) in [7, 11) is 0. The minimum atomic E-state index is 0.407. The zero-order valence-electron chi connectivity index (χ0n) is 9.46. The summed E-state index contributed by atoms with van der Waals surface area (Å²) in [6.45, 7) is 4.37. The molecule has 2 aromatic rings. The first kappa shape index (κ1) is 11.7. The maximum atomic E-state index is 6.13. The van der Waals surface area contributed by atoms with Crippen LogP contribution in [-0.2, 0) is 0 Å². The van der Waals surface area contributed by atoms with Crippen molar-refractivity contribution in [2.45, 2.75) is 32.7 Å². The molecule has 16 heavy (non-hydrogen) atoms. The van der Waals surface area contributed by atoms with Crippen LogP contribution in [0, 0.1) is 4.77 Å². The Bertz CT molecular complexity index is 556. The van der Waals surface area contributed by atoms with Crippen molar-refractivity contribution in [3.63, 3.8) is 0 Å². The molecule has 0 aliphatic heterocycles. The monoisotopic (exact) mass is 254 g/mol. The second-order valence-corrected chi connectivity index (χ2v) is 4.87. The first-order chi connectivity index (χ1) is 7.65. The normalized spacial score (nSPS) is 13.2. The minimum absolute atomic E-state index is 0.407. The number of benzene rings is 1. The molecule has 0 bridgehead atoms. The van der Waals surface area contributed by atoms with Gasteiger partial charge in [0, 0.05) is 6.04 Å². The van der Waals surface area contributed by atoms with Gasteiger partial charge in [-0.1, -0.05) is 31.0 Å². The van der Waals surface area contributed by atoms with Gasteiger partial charge in [0.25, 0.3) is 0 Å². The minimum Gasteiger partial charge on any atom is -0.329 e. The highest BCUT2D eigenvalue weighted by Gasteiger charge is 2.11. The van der Waals surface area contributed by atoms with Crippen LogP contribution in [0.3, 0.4) is 0 Å². The van der Waals surface area contributed by atoms with E-state index in [1.807, 2.05) is 12.1 Å². The van der Waals surface area contributed by atoms with Crippen LogP contribution in [0.1, 0.15) is 32.7 Å². The summed E-state index contributed by atoms with van der Waals surface area (Å²) in [5.41, 5.74) is 2.04. The molecule has 2 rings (SSSR count). The predicted octanol–water partition coefficient (Wildman–Crippen LogP) is 4.71. The first-order valence-corrected chi connectivity index (χ1v) is 6.32. The Morgan fingerprint density at radius 3 is 2.94 bits per heavy atom. The molecule has 0 saturated heterocycles. The third-order valence-electron chi connectivity index (χ3n) is 2.85. The Balaban J connectivity index is 2.65. The maximum absolute atomic E-state index is 6.13. The van der Waals surface area contributed by atoms with Crippen LogP contribution in [-0.4, -0.2) is 9.55 Å². The number of rotatable bonds is 3. The number of aromatic amines is 1. The van der Waals surface area contributed by atoms with Crippen molar-refractivity contribution in [1.29, 1.82) is 0 Å². The summed E-state index contributed by atoms with van der Waals surface area (Å²) in [4.78, 5) is 3.18. The lowest BCUT2D eigenvalue weighted by molar-refractivity contribution is 0.507. The molecule has 1 N–H and O–H groups in total. The molecule has 1 unspecified atom stereocenters. The van der Waals surface area contributed by atoms with Gasteiger partial charge in [-0.3, -0.25) is 0 Å². The van der Waals surface area contributed by atoms with E-state index in [4.69, 9.17) is 23.8 Å². The Labute approximate surface area is 105 Å². The van der Waals surface area contributed by atoms with E-state index < -0.39 is 0 Å². The van der Waals surface area contributed by atoms with Crippen LogP contribution >= 0.6 is 23.8 Å². The fraction of sp³-hybridized carbons (Fsp3) is 0.417. The summed E-state index contributed by atoms with van der Waals surface area (Å²) >= 11 is 11.5. The molecule has 0 amide bonds. The van der Waals surface area contributed by atoms with Gasteiger partial charge in [-0.2, -0.15) is 0 Å².